The minimum atomic E-state index is -3.63. The molecule has 2 N–H and O–H groups in total. The number of nitrogens with one attached hydrogen (secondary N) is 2. The smallest absolute Gasteiger partial charge is 0.331 e. The van der Waals surface area contributed by atoms with Crippen LogP contribution in [0.15, 0.2) is 53.4 Å². The Hall–Kier alpha value is -3.37. The monoisotopic (exact) mass is 476 g/mol. The summed E-state index contributed by atoms with van der Waals surface area (Å²) in [7, 11) is -0.595. The van der Waals surface area contributed by atoms with Gasteiger partial charge < -0.3 is 19.5 Å². The third-order valence-electron chi connectivity index (χ3n) is 4.30. The molecule has 0 saturated heterocycles. The summed E-state index contributed by atoms with van der Waals surface area (Å²) < 4.78 is 42.3. The number of methoxy groups -OCH3 is 2. The first-order chi connectivity index (χ1) is 15.6. The number of carbonyl (C=O) groups is 2. The van der Waals surface area contributed by atoms with E-state index in [9.17, 15) is 18.0 Å². The standard InChI is InChI=1S/C23H28N2O7S/c1-15(2)25-33(28,29)19-10-8-18(9-11-19)24-23(27)16(3)32-22(26)13-7-17-6-12-20(30-4)21(14-17)31-5/h6-16,25H,1-5H3,(H,24,27)/b13-7+. The second-order valence-corrected chi connectivity index (χ2v) is 9.03. The van der Waals surface area contributed by atoms with Crippen molar-refractivity contribution in [2.24, 2.45) is 0 Å². The van der Waals surface area contributed by atoms with Crippen molar-refractivity contribution in [2.45, 2.75) is 37.8 Å². The first kappa shape index (κ1) is 25.9. The molecule has 178 valence electrons. The highest BCUT2D eigenvalue weighted by Crippen LogP contribution is 2.28. The second-order valence-electron chi connectivity index (χ2n) is 7.32. The fourth-order valence-corrected chi connectivity index (χ4v) is 3.98. The SMILES string of the molecule is COc1ccc(/C=C/C(=O)OC(C)C(=O)Nc2ccc(S(=O)(=O)NC(C)C)cc2)cc1OC. The van der Waals surface area contributed by atoms with Crippen LogP contribution in [0, 0.1) is 0 Å². The molecule has 9 nitrogen and oxygen atoms in total. The molecule has 0 aliphatic carbocycles. The lowest BCUT2D eigenvalue weighted by Gasteiger charge is -2.13. The van der Waals surface area contributed by atoms with Crippen molar-refractivity contribution in [2.75, 3.05) is 19.5 Å². The van der Waals surface area contributed by atoms with Crippen LogP contribution in [0.25, 0.3) is 6.08 Å². The first-order valence-corrected chi connectivity index (χ1v) is 11.6. The zero-order valence-corrected chi connectivity index (χ0v) is 19.9. The number of carbonyl (C=O) groups excluding carboxylic acids is 2. The second kappa shape index (κ2) is 11.5. The molecule has 1 unspecified atom stereocenters. The summed E-state index contributed by atoms with van der Waals surface area (Å²) in [5.41, 5.74) is 1.05. The summed E-state index contributed by atoms with van der Waals surface area (Å²) in [4.78, 5) is 24.5. The van der Waals surface area contributed by atoms with Gasteiger partial charge in [0.2, 0.25) is 10.0 Å². The molecule has 0 spiro atoms. The molecule has 0 saturated carbocycles. The first-order valence-electron chi connectivity index (χ1n) is 10.1. The Morgan fingerprint density at radius 2 is 1.58 bits per heavy atom. The lowest BCUT2D eigenvalue weighted by Crippen LogP contribution is -2.30. The van der Waals surface area contributed by atoms with Gasteiger partial charge >= 0.3 is 5.97 Å². The van der Waals surface area contributed by atoms with Crippen LogP contribution in [-0.4, -0.2) is 46.7 Å². The topological polar surface area (TPSA) is 120 Å². The van der Waals surface area contributed by atoms with Crippen molar-refractivity contribution in [1.29, 1.82) is 0 Å². The number of esters is 1. The lowest BCUT2D eigenvalue weighted by atomic mass is 10.2. The number of sulfonamides is 1. The van der Waals surface area contributed by atoms with Crippen LogP contribution in [0.5, 0.6) is 11.5 Å². The maximum atomic E-state index is 12.3. The number of hydrogen-bond donors (Lipinski definition) is 2. The molecule has 0 fully saturated rings. The molecular weight excluding hydrogens is 448 g/mol. The normalized spacial score (nSPS) is 12.4. The van der Waals surface area contributed by atoms with Crippen LogP contribution in [0.2, 0.25) is 0 Å². The number of anilines is 1. The van der Waals surface area contributed by atoms with Crippen molar-refractivity contribution in [3.05, 3.63) is 54.1 Å². The molecule has 10 heteroatoms. The number of hydrogen-bond acceptors (Lipinski definition) is 7. The highest BCUT2D eigenvalue weighted by Gasteiger charge is 2.18. The molecule has 33 heavy (non-hydrogen) atoms. The Balaban J connectivity index is 1.95. The Bertz CT molecular complexity index is 1110. The largest absolute Gasteiger partial charge is 0.493 e. The van der Waals surface area contributed by atoms with Gasteiger partial charge in [0.05, 0.1) is 19.1 Å². The van der Waals surface area contributed by atoms with Crippen molar-refractivity contribution < 1.29 is 32.2 Å². The Morgan fingerprint density at radius 1 is 0.939 bits per heavy atom. The molecular formula is C23H28N2O7S. The van der Waals surface area contributed by atoms with Crippen LogP contribution in [-0.2, 0) is 24.3 Å². The van der Waals surface area contributed by atoms with Gasteiger partial charge in [0.15, 0.2) is 17.6 Å². The highest BCUT2D eigenvalue weighted by atomic mass is 32.2. The van der Waals surface area contributed by atoms with E-state index in [0.29, 0.717) is 22.7 Å². The van der Waals surface area contributed by atoms with E-state index in [1.807, 2.05) is 0 Å². The van der Waals surface area contributed by atoms with E-state index in [-0.39, 0.29) is 10.9 Å². The van der Waals surface area contributed by atoms with E-state index in [1.54, 1.807) is 32.0 Å². The average Bonchev–Trinajstić information content (AvgIpc) is 2.76. The molecule has 0 bridgehead atoms. The summed E-state index contributed by atoms with van der Waals surface area (Å²) in [5, 5.41) is 2.58. The van der Waals surface area contributed by atoms with Crippen LogP contribution in [0.4, 0.5) is 5.69 Å². The Labute approximate surface area is 193 Å². The summed E-state index contributed by atoms with van der Waals surface area (Å²) in [5.74, 6) is -0.184. The van der Waals surface area contributed by atoms with E-state index in [4.69, 9.17) is 14.2 Å². The molecule has 2 aromatic carbocycles. The fraction of sp³-hybridized carbons (Fsp3) is 0.304. The van der Waals surface area contributed by atoms with Gasteiger partial charge in [0.25, 0.3) is 5.91 Å². The molecule has 1 amide bonds. The van der Waals surface area contributed by atoms with Crippen LogP contribution in [0.1, 0.15) is 26.3 Å². The van der Waals surface area contributed by atoms with Gasteiger partial charge in [-0.25, -0.2) is 17.9 Å². The van der Waals surface area contributed by atoms with E-state index in [0.717, 1.165) is 0 Å². The third kappa shape index (κ3) is 7.62. The van der Waals surface area contributed by atoms with Crippen LogP contribution < -0.4 is 19.5 Å². The number of benzene rings is 2. The lowest BCUT2D eigenvalue weighted by molar-refractivity contribution is -0.148. The minimum Gasteiger partial charge on any atom is -0.493 e. The molecule has 2 aromatic rings. The number of ether oxygens (including phenoxy) is 3. The number of amides is 1. The zero-order chi connectivity index (χ0) is 24.6. The predicted octanol–water partition coefficient (Wildman–Crippen LogP) is 2.97. The van der Waals surface area contributed by atoms with Crippen molar-refractivity contribution in [1.82, 2.24) is 4.72 Å². The third-order valence-corrected chi connectivity index (χ3v) is 5.98. The minimum absolute atomic E-state index is 0.0778. The van der Waals surface area contributed by atoms with Gasteiger partial charge in [-0.05, 0) is 68.8 Å². The maximum absolute atomic E-state index is 12.3. The van der Waals surface area contributed by atoms with E-state index < -0.39 is 28.0 Å². The summed E-state index contributed by atoms with van der Waals surface area (Å²) >= 11 is 0. The molecule has 0 aliphatic rings. The van der Waals surface area contributed by atoms with Gasteiger partial charge in [-0.2, -0.15) is 0 Å². The van der Waals surface area contributed by atoms with Gasteiger partial charge in [0.1, 0.15) is 0 Å². The van der Waals surface area contributed by atoms with E-state index >= 15 is 0 Å². The van der Waals surface area contributed by atoms with Gasteiger partial charge in [-0.15, -0.1) is 0 Å². The van der Waals surface area contributed by atoms with Crippen LogP contribution >= 0.6 is 0 Å². The fourth-order valence-electron chi connectivity index (χ4n) is 2.73. The summed E-state index contributed by atoms with van der Waals surface area (Å²) in [6, 6.07) is 10.6. The summed E-state index contributed by atoms with van der Waals surface area (Å²) in [6.07, 6.45) is 1.66. The molecule has 0 heterocycles. The molecule has 2 rings (SSSR count). The van der Waals surface area contributed by atoms with Crippen molar-refractivity contribution in [3.63, 3.8) is 0 Å². The van der Waals surface area contributed by atoms with Crippen LogP contribution in [0.3, 0.4) is 0 Å². The average molecular weight is 477 g/mol. The number of rotatable bonds is 10. The van der Waals surface area contributed by atoms with Gasteiger partial charge in [-0.3, -0.25) is 4.79 Å². The Morgan fingerprint density at radius 3 is 2.15 bits per heavy atom. The van der Waals surface area contributed by atoms with Crippen molar-refractivity contribution in [3.8, 4) is 11.5 Å². The quantitative estimate of drug-likeness (QED) is 0.400. The molecule has 0 aromatic heterocycles. The summed E-state index contributed by atoms with van der Waals surface area (Å²) in [6.45, 7) is 4.87. The van der Waals surface area contributed by atoms with Gasteiger partial charge in [-0.1, -0.05) is 6.07 Å². The highest BCUT2D eigenvalue weighted by molar-refractivity contribution is 7.89. The molecule has 0 radical (unpaired) electrons. The molecule has 1 atom stereocenters. The maximum Gasteiger partial charge on any atom is 0.331 e. The van der Waals surface area contributed by atoms with E-state index in [2.05, 4.69) is 10.0 Å². The van der Waals surface area contributed by atoms with Crippen molar-refractivity contribution >= 4 is 33.7 Å². The van der Waals surface area contributed by atoms with Gasteiger partial charge in [0, 0.05) is 17.8 Å². The molecule has 0 aliphatic heterocycles. The predicted molar refractivity (Wildman–Crippen MR) is 125 cm³/mol. The zero-order valence-electron chi connectivity index (χ0n) is 19.1. The Kier molecular flexibility index (Phi) is 9.01. The van der Waals surface area contributed by atoms with E-state index in [1.165, 1.54) is 57.6 Å².